The van der Waals surface area contributed by atoms with E-state index in [9.17, 15) is 4.79 Å². The standard InChI is InChI=1S/C17H22N4O/c22-17(16-4-1-2-9-18-16)19-12-14-5-7-15(8-6-14)13-21-11-3-10-20-21/h3,5-8,10-11,16,18H,1-2,4,9,12-13H2,(H,19,22). The number of benzene rings is 1. The molecule has 0 saturated carbocycles. The molecule has 2 heterocycles. The van der Waals surface area contributed by atoms with Crippen molar-refractivity contribution in [3.63, 3.8) is 0 Å². The molecule has 1 aromatic carbocycles. The first-order valence-electron chi connectivity index (χ1n) is 7.87. The molecular formula is C17H22N4O. The third-order valence-corrected chi connectivity index (χ3v) is 4.02. The first-order valence-corrected chi connectivity index (χ1v) is 7.87. The van der Waals surface area contributed by atoms with Crippen molar-refractivity contribution < 1.29 is 4.79 Å². The van der Waals surface area contributed by atoms with Gasteiger partial charge in [0.1, 0.15) is 0 Å². The zero-order valence-electron chi connectivity index (χ0n) is 12.7. The summed E-state index contributed by atoms with van der Waals surface area (Å²) in [5, 5.41) is 10.5. The molecule has 5 nitrogen and oxygen atoms in total. The fraction of sp³-hybridized carbons (Fsp3) is 0.412. The highest BCUT2D eigenvalue weighted by Gasteiger charge is 2.19. The van der Waals surface area contributed by atoms with Crippen LogP contribution in [-0.2, 0) is 17.9 Å². The fourth-order valence-corrected chi connectivity index (χ4v) is 2.73. The van der Waals surface area contributed by atoms with E-state index in [0.29, 0.717) is 6.54 Å². The van der Waals surface area contributed by atoms with Crippen LogP contribution < -0.4 is 10.6 Å². The molecule has 116 valence electrons. The first kappa shape index (κ1) is 14.8. The van der Waals surface area contributed by atoms with Gasteiger partial charge in [-0.05, 0) is 36.6 Å². The van der Waals surface area contributed by atoms with E-state index in [-0.39, 0.29) is 11.9 Å². The van der Waals surface area contributed by atoms with Crippen LogP contribution in [-0.4, -0.2) is 28.3 Å². The van der Waals surface area contributed by atoms with Crippen LogP contribution in [0.4, 0.5) is 0 Å². The minimum Gasteiger partial charge on any atom is -0.351 e. The predicted molar refractivity (Wildman–Crippen MR) is 85.3 cm³/mol. The van der Waals surface area contributed by atoms with Crippen molar-refractivity contribution in [1.82, 2.24) is 20.4 Å². The van der Waals surface area contributed by atoms with Gasteiger partial charge in [0.25, 0.3) is 0 Å². The van der Waals surface area contributed by atoms with Crippen molar-refractivity contribution in [1.29, 1.82) is 0 Å². The van der Waals surface area contributed by atoms with Crippen LogP contribution in [0.2, 0.25) is 0 Å². The van der Waals surface area contributed by atoms with Gasteiger partial charge in [0.05, 0.1) is 12.6 Å². The molecule has 1 aromatic heterocycles. The molecule has 0 aliphatic carbocycles. The number of rotatable bonds is 5. The summed E-state index contributed by atoms with van der Waals surface area (Å²) in [5.41, 5.74) is 2.32. The molecule has 1 unspecified atom stereocenters. The molecule has 1 atom stereocenters. The second kappa shape index (κ2) is 7.22. The summed E-state index contributed by atoms with van der Waals surface area (Å²) in [6, 6.07) is 10.2. The Hall–Kier alpha value is -2.14. The SMILES string of the molecule is O=C(NCc1ccc(Cn2cccn2)cc1)C1CCCCN1. The zero-order valence-corrected chi connectivity index (χ0v) is 12.7. The van der Waals surface area contributed by atoms with Gasteiger partial charge < -0.3 is 10.6 Å². The number of nitrogens with zero attached hydrogens (tertiary/aromatic N) is 2. The Morgan fingerprint density at radius 1 is 1.27 bits per heavy atom. The summed E-state index contributed by atoms with van der Waals surface area (Å²) >= 11 is 0. The lowest BCUT2D eigenvalue weighted by molar-refractivity contribution is -0.123. The number of aromatic nitrogens is 2. The maximum Gasteiger partial charge on any atom is 0.237 e. The first-order chi connectivity index (χ1) is 10.8. The third-order valence-electron chi connectivity index (χ3n) is 4.02. The maximum atomic E-state index is 12.1. The Kier molecular flexibility index (Phi) is 4.85. The number of nitrogens with one attached hydrogen (secondary N) is 2. The fourth-order valence-electron chi connectivity index (χ4n) is 2.73. The van der Waals surface area contributed by atoms with Gasteiger partial charge in [-0.1, -0.05) is 30.7 Å². The van der Waals surface area contributed by atoms with Gasteiger partial charge in [-0.2, -0.15) is 5.10 Å². The van der Waals surface area contributed by atoms with Crippen LogP contribution in [0.1, 0.15) is 30.4 Å². The monoisotopic (exact) mass is 298 g/mol. The Labute approximate surface area is 130 Å². The second-order valence-electron chi connectivity index (χ2n) is 5.74. The third kappa shape index (κ3) is 3.95. The van der Waals surface area contributed by atoms with E-state index < -0.39 is 0 Å². The molecule has 0 radical (unpaired) electrons. The van der Waals surface area contributed by atoms with Crippen molar-refractivity contribution in [3.8, 4) is 0 Å². The molecular weight excluding hydrogens is 276 g/mol. The quantitative estimate of drug-likeness (QED) is 0.883. The zero-order chi connectivity index (χ0) is 15.2. The van der Waals surface area contributed by atoms with E-state index in [2.05, 4.69) is 40.0 Å². The number of carbonyl (C=O) groups excluding carboxylic acids is 1. The Bertz CT molecular complexity index is 586. The van der Waals surface area contributed by atoms with Gasteiger partial charge in [0.2, 0.25) is 5.91 Å². The summed E-state index contributed by atoms with van der Waals surface area (Å²) in [7, 11) is 0. The van der Waals surface area contributed by atoms with Gasteiger partial charge in [0.15, 0.2) is 0 Å². The van der Waals surface area contributed by atoms with Gasteiger partial charge >= 0.3 is 0 Å². The van der Waals surface area contributed by atoms with Crippen LogP contribution in [0.25, 0.3) is 0 Å². The topological polar surface area (TPSA) is 59.0 Å². The number of hydrogen-bond donors (Lipinski definition) is 2. The molecule has 1 aliphatic rings. The second-order valence-corrected chi connectivity index (χ2v) is 5.74. The normalized spacial score (nSPS) is 18.1. The molecule has 0 spiro atoms. The lowest BCUT2D eigenvalue weighted by Crippen LogP contribution is -2.46. The number of carbonyl (C=O) groups is 1. The van der Waals surface area contributed by atoms with Gasteiger partial charge in [-0.3, -0.25) is 9.48 Å². The van der Waals surface area contributed by atoms with Crippen molar-refractivity contribution in [2.75, 3.05) is 6.54 Å². The lowest BCUT2D eigenvalue weighted by atomic mass is 10.0. The van der Waals surface area contributed by atoms with Crippen molar-refractivity contribution in [3.05, 3.63) is 53.9 Å². The summed E-state index contributed by atoms with van der Waals surface area (Å²) in [5.74, 6) is 0.111. The molecule has 22 heavy (non-hydrogen) atoms. The van der Waals surface area contributed by atoms with Gasteiger partial charge in [-0.25, -0.2) is 0 Å². The highest BCUT2D eigenvalue weighted by atomic mass is 16.2. The van der Waals surface area contributed by atoms with Crippen LogP contribution in [0, 0.1) is 0 Å². The smallest absolute Gasteiger partial charge is 0.237 e. The van der Waals surface area contributed by atoms with E-state index in [1.54, 1.807) is 6.20 Å². The van der Waals surface area contributed by atoms with Crippen LogP contribution in [0.3, 0.4) is 0 Å². The van der Waals surface area contributed by atoms with E-state index in [0.717, 1.165) is 31.5 Å². The average Bonchev–Trinajstić information content (AvgIpc) is 3.08. The largest absolute Gasteiger partial charge is 0.351 e. The minimum atomic E-state index is -0.0205. The maximum absolute atomic E-state index is 12.1. The van der Waals surface area contributed by atoms with E-state index >= 15 is 0 Å². The number of hydrogen-bond acceptors (Lipinski definition) is 3. The average molecular weight is 298 g/mol. The molecule has 2 aromatic rings. The van der Waals surface area contributed by atoms with E-state index in [1.807, 2.05) is 16.9 Å². The lowest BCUT2D eigenvalue weighted by Gasteiger charge is -2.22. The van der Waals surface area contributed by atoms with Crippen LogP contribution >= 0.6 is 0 Å². The number of piperidine rings is 1. The van der Waals surface area contributed by atoms with E-state index in [1.165, 1.54) is 12.0 Å². The number of amides is 1. The Morgan fingerprint density at radius 2 is 2.09 bits per heavy atom. The molecule has 1 saturated heterocycles. The summed E-state index contributed by atoms with van der Waals surface area (Å²) in [4.78, 5) is 12.1. The predicted octanol–water partition coefficient (Wildman–Crippen LogP) is 1.69. The highest BCUT2D eigenvalue weighted by Crippen LogP contribution is 2.08. The minimum absolute atomic E-state index is 0.0205. The van der Waals surface area contributed by atoms with Gasteiger partial charge in [-0.15, -0.1) is 0 Å². The highest BCUT2D eigenvalue weighted by molar-refractivity contribution is 5.81. The van der Waals surface area contributed by atoms with E-state index in [4.69, 9.17) is 0 Å². The van der Waals surface area contributed by atoms with Crippen LogP contribution in [0.15, 0.2) is 42.7 Å². The molecule has 5 heteroatoms. The Balaban J connectivity index is 1.49. The summed E-state index contributed by atoms with van der Waals surface area (Å²) in [6.07, 6.45) is 6.97. The van der Waals surface area contributed by atoms with Crippen molar-refractivity contribution in [2.24, 2.45) is 0 Å². The Morgan fingerprint density at radius 3 is 2.77 bits per heavy atom. The summed E-state index contributed by atoms with van der Waals surface area (Å²) < 4.78 is 1.89. The van der Waals surface area contributed by atoms with Crippen LogP contribution in [0.5, 0.6) is 0 Å². The van der Waals surface area contributed by atoms with Gasteiger partial charge in [0, 0.05) is 18.9 Å². The molecule has 1 aliphatic heterocycles. The molecule has 0 bridgehead atoms. The molecule has 3 rings (SSSR count). The molecule has 2 N–H and O–H groups in total. The summed E-state index contributed by atoms with van der Waals surface area (Å²) in [6.45, 7) is 2.30. The molecule has 1 fully saturated rings. The van der Waals surface area contributed by atoms with Crippen molar-refractivity contribution in [2.45, 2.75) is 38.4 Å². The molecule has 1 amide bonds. The van der Waals surface area contributed by atoms with Crippen molar-refractivity contribution >= 4 is 5.91 Å².